The van der Waals surface area contributed by atoms with Crippen LogP contribution < -0.4 is 10.6 Å². The number of aliphatic imine (C=N–C) groups is 1. The van der Waals surface area contributed by atoms with Crippen molar-refractivity contribution in [2.45, 2.75) is 32.9 Å². The van der Waals surface area contributed by atoms with E-state index in [0.717, 1.165) is 36.1 Å². The Bertz CT molecular complexity index is 675. The molecule has 1 aromatic heterocycles. The van der Waals surface area contributed by atoms with Gasteiger partial charge in [0.25, 0.3) is 0 Å². The molecule has 2 aromatic rings. The molecule has 7 heteroatoms. The lowest BCUT2D eigenvalue weighted by Crippen LogP contribution is -2.44. The maximum Gasteiger partial charge on any atom is 0.193 e. The summed E-state index contributed by atoms with van der Waals surface area (Å²) < 4.78 is 0. The predicted octanol–water partition coefficient (Wildman–Crippen LogP) is 3.09. The fourth-order valence-corrected chi connectivity index (χ4v) is 2.50. The van der Waals surface area contributed by atoms with Crippen LogP contribution in [0.5, 0.6) is 0 Å². The van der Waals surface area contributed by atoms with E-state index in [0.29, 0.717) is 6.54 Å². The standard InChI is InChI=1S/C19H30N6.HI/c1-19(2,3)23-12-11-21-18(20-4)25(5)14-17-22-13-16(24-17)15-9-7-6-8-10-15;/h6-10,13,23H,11-12,14H2,1-5H3,(H,20,21)(H,22,24);1H. The zero-order valence-electron chi connectivity index (χ0n) is 16.3. The molecule has 0 aliphatic heterocycles. The second kappa shape index (κ2) is 10.5. The number of aromatic nitrogens is 2. The number of H-pyrrole nitrogens is 1. The molecule has 3 N–H and O–H groups in total. The lowest BCUT2D eigenvalue weighted by atomic mass is 10.1. The monoisotopic (exact) mass is 470 g/mol. The number of aromatic amines is 1. The van der Waals surface area contributed by atoms with Gasteiger partial charge < -0.3 is 20.5 Å². The first-order valence-corrected chi connectivity index (χ1v) is 8.65. The molecule has 1 aromatic carbocycles. The number of halogens is 1. The molecule has 0 aliphatic rings. The summed E-state index contributed by atoms with van der Waals surface area (Å²) in [6, 6.07) is 10.2. The molecule has 1 heterocycles. The van der Waals surface area contributed by atoms with Crippen molar-refractivity contribution >= 4 is 29.9 Å². The summed E-state index contributed by atoms with van der Waals surface area (Å²) >= 11 is 0. The number of guanidine groups is 1. The number of hydrogen-bond donors (Lipinski definition) is 3. The van der Waals surface area contributed by atoms with Gasteiger partial charge in [0.2, 0.25) is 0 Å². The average Bonchev–Trinajstić information content (AvgIpc) is 3.03. The Morgan fingerprint density at radius 3 is 2.50 bits per heavy atom. The van der Waals surface area contributed by atoms with Gasteiger partial charge in [-0.25, -0.2) is 4.98 Å². The maximum absolute atomic E-state index is 4.49. The molecule has 0 spiro atoms. The number of benzene rings is 1. The van der Waals surface area contributed by atoms with E-state index in [1.165, 1.54) is 0 Å². The highest BCUT2D eigenvalue weighted by Gasteiger charge is 2.11. The molecule has 26 heavy (non-hydrogen) atoms. The fraction of sp³-hybridized carbons (Fsp3) is 0.474. The van der Waals surface area contributed by atoms with Gasteiger partial charge in [0.05, 0.1) is 18.4 Å². The van der Waals surface area contributed by atoms with E-state index in [4.69, 9.17) is 0 Å². The number of imidazole rings is 1. The zero-order chi connectivity index (χ0) is 18.3. The van der Waals surface area contributed by atoms with Crippen molar-refractivity contribution in [3.8, 4) is 11.3 Å². The highest BCUT2D eigenvalue weighted by molar-refractivity contribution is 14.0. The third-order valence-corrected chi connectivity index (χ3v) is 3.74. The van der Waals surface area contributed by atoms with Crippen LogP contribution in [0.1, 0.15) is 26.6 Å². The molecular formula is C19H31IN6. The molecule has 2 rings (SSSR count). The van der Waals surface area contributed by atoms with E-state index in [1.807, 2.05) is 31.4 Å². The molecule has 0 radical (unpaired) electrons. The van der Waals surface area contributed by atoms with Crippen LogP contribution in [-0.2, 0) is 6.54 Å². The van der Waals surface area contributed by atoms with Crippen molar-refractivity contribution in [1.29, 1.82) is 0 Å². The van der Waals surface area contributed by atoms with Gasteiger partial charge in [-0.15, -0.1) is 24.0 Å². The van der Waals surface area contributed by atoms with Crippen molar-refractivity contribution in [2.75, 3.05) is 27.2 Å². The lowest BCUT2D eigenvalue weighted by molar-refractivity contribution is 0.420. The number of rotatable bonds is 6. The third-order valence-electron chi connectivity index (χ3n) is 3.74. The van der Waals surface area contributed by atoms with E-state index in [-0.39, 0.29) is 29.5 Å². The molecule has 0 saturated heterocycles. The Morgan fingerprint density at radius 2 is 1.88 bits per heavy atom. The second-order valence-electron chi connectivity index (χ2n) is 7.12. The molecule has 0 amide bonds. The lowest BCUT2D eigenvalue weighted by Gasteiger charge is -2.23. The van der Waals surface area contributed by atoms with Crippen LogP contribution in [-0.4, -0.2) is 53.6 Å². The van der Waals surface area contributed by atoms with Crippen molar-refractivity contribution < 1.29 is 0 Å². The van der Waals surface area contributed by atoms with E-state index in [2.05, 4.69) is 63.4 Å². The summed E-state index contributed by atoms with van der Waals surface area (Å²) in [7, 11) is 3.81. The number of hydrogen-bond acceptors (Lipinski definition) is 3. The number of nitrogens with one attached hydrogen (secondary N) is 3. The average molecular weight is 470 g/mol. The van der Waals surface area contributed by atoms with Crippen molar-refractivity contribution in [2.24, 2.45) is 4.99 Å². The molecule has 0 saturated carbocycles. The zero-order valence-corrected chi connectivity index (χ0v) is 18.7. The Morgan fingerprint density at radius 1 is 1.19 bits per heavy atom. The molecule has 6 nitrogen and oxygen atoms in total. The normalized spacial score (nSPS) is 11.8. The van der Waals surface area contributed by atoms with Crippen LogP contribution >= 0.6 is 24.0 Å². The van der Waals surface area contributed by atoms with Gasteiger partial charge in [-0.2, -0.15) is 0 Å². The van der Waals surface area contributed by atoms with Crippen LogP contribution in [0, 0.1) is 0 Å². The first-order valence-electron chi connectivity index (χ1n) is 8.65. The van der Waals surface area contributed by atoms with Crippen LogP contribution in [0.25, 0.3) is 11.3 Å². The van der Waals surface area contributed by atoms with Gasteiger partial charge in [0.1, 0.15) is 5.82 Å². The first kappa shape index (κ1) is 22.4. The minimum Gasteiger partial charge on any atom is -0.355 e. The quantitative estimate of drug-likeness (QED) is 0.263. The van der Waals surface area contributed by atoms with Gasteiger partial charge in [-0.1, -0.05) is 30.3 Å². The minimum atomic E-state index is 0. The smallest absolute Gasteiger partial charge is 0.193 e. The molecule has 144 valence electrons. The minimum absolute atomic E-state index is 0. The second-order valence-corrected chi connectivity index (χ2v) is 7.12. The summed E-state index contributed by atoms with van der Waals surface area (Å²) in [6.45, 7) is 8.86. The topological polar surface area (TPSA) is 68.3 Å². The molecular weight excluding hydrogens is 439 g/mol. The highest BCUT2D eigenvalue weighted by atomic mass is 127. The Labute approximate surface area is 173 Å². The highest BCUT2D eigenvalue weighted by Crippen LogP contribution is 2.16. The van der Waals surface area contributed by atoms with E-state index in [9.17, 15) is 0 Å². The summed E-state index contributed by atoms with van der Waals surface area (Å²) in [6.07, 6.45) is 1.88. The molecule has 0 aliphatic carbocycles. The Hall–Kier alpha value is -1.61. The van der Waals surface area contributed by atoms with Crippen molar-refractivity contribution in [3.63, 3.8) is 0 Å². The SMILES string of the molecule is CN=C(NCCNC(C)(C)C)N(C)Cc1ncc(-c2ccccc2)[nH]1.I. The predicted molar refractivity (Wildman–Crippen MR) is 120 cm³/mol. The van der Waals surface area contributed by atoms with Gasteiger partial charge >= 0.3 is 0 Å². The van der Waals surface area contributed by atoms with Crippen LogP contribution in [0.2, 0.25) is 0 Å². The Kier molecular flexibility index (Phi) is 9.07. The third kappa shape index (κ3) is 7.33. The summed E-state index contributed by atoms with van der Waals surface area (Å²) in [5.74, 6) is 1.77. The van der Waals surface area contributed by atoms with Crippen LogP contribution in [0.3, 0.4) is 0 Å². The van der Waals surface area contributed by atoms with Crippen LogP contribution in [0.4, 0.5) is 0 Å². The molecule has 0 unspecified atom stereocenters. The summed E-state index contributed by atoms with van der Waals surface area (Å²) in [4.78, 5) is 14.3. The number of nitrogens with zero attached hydrogens (tertiary/aromatic N) is 3. The van der Waals surface area contributed by atoms with Crippen LogP contribution in [0.15, 0.2) is 41.5 Å². The van der Waals surface area contributed by atoms with Gasteiger partial charge in [0, 0.05) is 32.7 Å². The van der Waals surface area contributed by atoms with E-state index < -0.39 is 0 Å². The largest absolute Gasteiger partial charge is 0.355 e. The molecule has 0 bridgehead atoms. The first-order chi connectivity index (χ1) is 11.9. The molecule has 0 fully saturated rings. The van der Waals surface area contributed by atoms with Gasteiger partial charge in [-0.3, -0.25) is 4.99 Å². The van der Waals surface area contributed by atoms with E-state index in [1.54, 1.807) is 7.05 Å². The van der Waals surface area contributed by atoms with Gasteiger partial charge in [-0.05, 0) is 26.3 Å². The maximum atomic E-state index is 4.49. The summed E-state index contributed by atoms with van der Waals surface area (Å²) in [5, 5.41) is 6.83. The van der Waals surface area contributed by atoms with E-state index >= 15 is 0 Å². The van der Waals surface area contributed by atoms with Crippen molar-refractivity contribution in [1.82, 2.24) is 25.5 Å². The summed E-state index contributed by atoms with van der Waals surface area (Å²) in [5.41, 5.74) is 2.29. The fourth-order valence-electron chi connectivity index (χ4n) is 2.50. The molecule has 0 atom stereocenters. The Balaban J connectivity index is 0.00000338. The van der Waals surface area contributed by atoms with Gasteiger partial charge in [0.15, 0.2) is 5.96 Å². The van der Waals surface area contributed by atoms with Crippen molar-refractivity contribution in [3.05, 3.63) is 42.4 Å².